The SMILES string of the molecule is C=C(C)C[C@@H](c1cc(Cl)ccc1O)N1CCNCC1.Cl.Cl. The lowest BCUT2D eigenvalue weighted by Crippen LogP contribution is -2.45. The number of rotatable bonds is 4. The average Bonchev–Trinajstić information content (AvgIpc) is 2.40. The second kappa shape index (κ2) is 9.54. The van der Waals surface area contributed by atoms with E-state index in [0.29, 0.717) is 10.8 Å². The molecule has 0 bridgehead atoms. The van der Waals surface area contributed by atoms with E-state index in [-0.39, 0.29) is 30.9 Å². The van der Waals surface area contributed by atoms with Gasteiger partial charge in [-0.3, -0.25) is 4.90 Å². The van der Waals surface area contributed by atoms with Gasteiger partial charge in [-0.15, -0.1) is 31.4 Å². The minimum Gasteiger partial charge on any atom is -0.508 e. The Morgan fingerprint density at radius 1 is 1.38 bits per heavy atom. The maximum absolute atomic E-state index is 10.1. The number of phenols is 1. The van der Waals surface area contributed by atoms with Gasteiger partial charge in [0.2, 0.25) is 0 Å². The van der Waals surface area contributed by atoms with E-state index in [1.165, 1.54) is 0 Å². The van der Waals surface area contributed by atoms with Crippen molar-refractivity contribution in [3.05, 3.63) is 40.9 Å². The first-order valence-electron chi connectivity index (χ1n) is 6.65. The standard InChI is InChI=1S/C15H21ClN2O.2ClH/c1-11(2)9-14(18-7-5-17-6-8-18)13-10-12(16)3-4-15(13)19;;/h3-4,10,14,17,19H,1,5-9H2,2H3;2*1H/t14-;;/m0../s1. The molecule has 0 saturated carbocycles. The highest BCUT2D eigenvalue weighted by Crippen LogP contribution is 2.34. The lowest BCUT2D eigenvalue weighted by Gasteiger charge is -2.35. The van der Waals surface area contributed by atoms with Crippen LogP contribution in [-0.2, 0) is 0 Å². The molecule has 2 N–H and O–H groups in total. The molecule has 6 heteroatoms. The highest BCUT2D eigenvalue weighted by atomic mass is 35.5. The summed E-state index contributed by atoms with van der Waals surface area (Å²) in [4.78, 5) is 2.39. The fourth-order valence-electron chi connectivity index (χ4n) is 2.55. The number of halogens is 3. The van der Waals surface area contributed by atoms with Gasteiger partial charge in [-0.25, -0.2) is 0 Å². The van der Waals surface area contributed by atoms with E-state index in [1.807, 2.05) is 13.0 Å². The zero-order valence-corrected chi connectivity index (χ0v) is 14.5. The number of nitrogens with zero attached hydrogens (tertiary/aromatic N) is 1. The van der Waals surface area contributed by atoms with Gasteiger partial charge in [0.25, 0.3) is 0 Å². The molecule has 21 heavy (non-hydrogen) atoms. The zero-order chi connectivity index (χ0) is 13.8. The van der Waals surface area contributed by atoms with Crippen molar-refractivity contribution >= 4 is 36.4 Å². The third kappa shape index (κ3) is 5.68. The van der Waals surface area contributed by atoms with E-state index in [9.17, 15) is 5.11 Å². The van der Waals surface area contributed by atoms with Crippen molar-refractivity contribution in [3.8, 4) is 5.75 Å². The fourth-order valence-corrected chi connectivity index (χ4v) is 2.73. The summed E-state index contributed by atoms with van der Waals surface area (Å²) in [5.41, 5.74) is 2.01. The van der Waals surface area contributed by atoms with Crippen LogP contribution in [0.4, 0.5) is 0 Å². The Balaban J connectivity index is 0.00000200. The van der Waals surface area contributed by atoms with Crippen molar-refractivity contribution < 1.29 is 5.11 Å². The summed E-state index contributed by atoms with van der Waals surface area (Å²) in [6.07, 6.45) is 0.841. The van der Waals surface area contributed by atoms with Gasteiger partial charge in [-0.1, -0.05) is 17.2 Å². The molecule has 0 unspecified atom stereocenters. The summed E-state index contributed by atoms with van der Waals surface area (Å²) in [5, 5.41) is 14.1. The predicted molar refractivity (Wildman–Crippen MR) is 94.2 cm³/mol. The van der Waals surface area contributed by atoms with Crippen molar-refractivity contribution in [1.82, 2.24) is 10.2 Å². The molecule has 120 valence electrons. The Morgan fingerprint density at radius 3 is 2.57 bits per heavy atom. The lowest BCUT2D eigenvalue weighted by molar-refractivity contribution is 0.170. The van der Waals surface area contributed by atoms with Crippen molar-refractivity contribution in [3.63, 3.8) is 0 Å². The number of nitrogens with one attached hydrogen (secondary N) is 1. The first-order chi connectivity index (χ1) is 9.08. The van der Waals surface area contributed by atoms with E-state index in [2.05, 4.69) is 16.8 Å². The molecule has 0 radical (unpaired) electrons. The van der Waals surface area contributed by atoms with Gasteiger partial charge in [0.05, 0.1) is 0 Å². The van der Waals surface area contributed by atoms with Crippen LogP contribution < -0.4 is 5.32 Å². The van der Waals surface area contributed by atoms with E-state index < -0.39 is 0 Å². The molecule has 1 fully saturated rings. The number of hydrogen-bond acceptors (Lipinski definition) is 3. The molecular weight excluding hydrogens is 331 g/mol. The zero-order valence-electron chi connectivity index (χ0n) is 12.1. The molecule has 1 heterocycles. The second-order valence-corrected chi connectivity index (χ2v) is 5.60. The molecule has 1 aliphatic heterocycles. The molecule has 1 atom stereocenters. The van der Waals surface area contributed by atoms with Crippen LogP contribution >= 0.6 is 36.4 Å². The topological polar surface area (TPSA) is 35.5 Å². The summed E-state index contributed by atoms with van der Waals surface area (Å²) < 4.78 is 0. The summed E-state index contributed by atoms with van der Waals surface area (Å²) in [6.45, 7) is 9.95. The molecule has 2 rings (SSSR count). The number of aromatic hydroxyl groups is 1. The van der Waals surface area contributed by atoms with Crippen LogP contribution in [0.25, 0.3) is 0 Å². The minimum atomic E-state index is 0. The van der Waals surface area contributed by atoms with Gasteiger partial charge in [0.1, 0.15) is 5.75 Å². The summed E-state index contributed by atoms with van der Waals surface area (Å²) in [6, 6.07) is 5.41. The van der Waals surface area contributed by atoms with Crippen LogP contribution in [0.1, 0.15) is 24.9 Å². The van der Waals surface area contributed by atoms with Crippen LogP contribution in [-0.4, -0.2) is 36.2 Å². The summed E-state index contributed by atoms with van der Waals surface area (Å²) in [5.74, 6) is 0.314. The van der Waals surface area contributed by atoms with Crippen molar-refractivity contribution in [2.24, 2.45) is 0 Å². The quantitative estimate of drug-likeness (QED) is 0.808. The van der Waals surface area contributed by atoms with Crippen LogP contribution in [0.5, 0.6) is 5.75 Å². The van der Waals surface area contributed by atoms with Crippen LogP contribution in [0.2, 0.25) is 5.02 Å². The second-order valence-electron chi connectivity index (χ2n) is 5.17. The molecule has 1 aliphatic rings. The molecule has 1 aromatic rings. The van der Waals surface area contributed by atoms with E-state index in [0.717, 1.165) is 43.7 Å². The summed E-state index contributed by atoms with van der Waals surface area (Å²) in [7, 11) is 0. The number of phenolic OH excluding ortho intramolecular Hbond substituents is 1. The molecule has 1 saturated heterocycles. The molecule has 0 spiro atoms. The highest BCUT2D eigenvalue weighted by Gasteiger charge is 2.24. The Hall–Kier alpha value is -0.450. The Bertz CT molecular complexity index is 462. The molecule has 1 aromatic carbocycles. The van der Waals surface area contributed by atoms with Gasteiger partial charge in [0.15, 0.2) is 0 Å². The van der Waals surface area contributed by atoms with Crippen LogP contribution in [0.3, 0.4) is 0 Å². The Kier molecular flexibility index (Phi) is 9.34. The van der Waals surface area contributed by atoms with Gasteiger partial charge >= 0.3 is 0 Å². The van der Waals surface area contributed by atoms with Gasteiger partial charge < -0.3 is 10.4 Å². The van der Waals surface area contributed by atoms with Crippen LogP contribution in [0, 0.1) is 0 Å². The molecule has 0 aliphatic carbocycles. The monoisotopic (exact) mass is 352 g/mol. The number of benzene rings is 1. The van der Waals surface area contributed by atoms with Gasteiger partial charge in [-0.2, -0.15) is 0 Å². The minimum absolute atomic E-state index is 0. The van der Waals surface area contributed by atoms with Crippen molar-refractivity contribution in [2.45, 2.75) is 19.4 Å². The summed E-state index contributed by atoms with van der Waals surface area (Å²) >= 11 is 6.07. The van der Waals surface area contributed by atoms with E-state index in [4.69, 9.17) is 11.6 Å². The maximum atomic E-state index is 10.1. The average molecular weight is 354 g/mol. The van der Waals surface area contributed by atoms with E-state index in [1.54, 1.807) is 12.1 Å². The number of hydrogen-bond donors (Lipinski definition) is 2. The third-order valence-corrected chi connectivity index (χ3v) is 3.72. The Morgan fingerprint density at radius 2 is 2.00 bits per heavy atom. The first-order valence-corrected chi connectivity index (χ1v) is 7.03. The molecule has 0 amide bonds. The molecular formula is C15H23Cl3N2O. The molecule has 0 aromatic heterocycles. The Labute approximate surface area is 144 Å². The maximum Gasteiger partial charge on any atom is 0.120 e. The highest BCUT2D eigenvalue weighted by molar-refractivity contribution is 6.30. The van der Waals surface area contributed by atoms with Gasteiger partial charge in [0, 0.05) is 42.8 Å². The van der Waals surface area contributed by atoms with Crippen LogP contribution in [0.15, 0.2) is 30.4 Å². The fraction of sp³-hybridized carbons (Fsp3) is 0.467. The lowest BCUT2D eigenvalue weighted by atomic mass is 9.97. The van der Waals surface area contributed by atoms with E-state index >= 15 is 0 Å². The smallest absolute Gasteiger partial charge is 0.120 e. The normalized spacial score (nSPS) is 16.5. The van der Waals surface area contributed by atoms with Gasteiger partial charge in [-0.05, 0) is 31.5 Å². The van der Waals surface area contributed by atoms with Crippen molar-refractivity contribution in [2.75, 3.05) is 26.2 Å². The molecule has 3 nitrogen and oxygen atoms in total. The largest absolute Gasteiger partial charge is 0.508 e. The van der Waals surface area contributed by atoms with Crippen molar-refractivity contribution in [1.29, 1.82) is 0 Å². The first kappa shape index (κ1) is 20.6. The third-order valence-electron chi connectivity index (χ3n) is 3.48. The predicted octanol–water partition coefficient (Wildman–Crippen LogP) is 3.80. The number of piperazine rings is 1.